The van der Waals surface area contributed by atoms with E-state index in [0.717, 1.165) is 5.69 Å². The number of rotatable bonds is 4. The summed E-state index contributed by atoms with van der Waals surface area (Å²) in [6.45, 7) is 4.53. The van der Waals surface area contributed by atoms with Crippen molar-refractivity contribution in [1.82, 2.24) is 5.32 Å². The highest BCUT2D eigenvalue weighted by atomic mass is 15.0. The minimum Gasteiger partial charge on any atom is -0.398 e. The van der Waals surface area contributed by atoms with Gasteiger partial charge >= 0.3 is 0 Å². The number of nitrogen functional groups attached to an aromatic ring is 1. The SMILES string of the molecule is CC(C)C(NC1CCCC1)c1ccccc1N. The molecule has 3 N–H and O–H groups in total. The number of nitrogens with one attached hydrogen (secondary N) is 1. The number of hydrogen-bond donors (Lipinski definition) is 2. The Kier molecular flexibility index (Phi) is 4.06. The second-order valence-electron chi connectivity index (χ2n) is 5.50. The van der Waals surface area contributed by atoms with Crippen LogP contribution in [0, 0.1) is 5.92 Å². The first-order chi connectivity index (χ1) is 8.18. The molecular formula is C15H24N2. The van der Waals surface area contributed by atoms with Gasteiger partial charge in [-0.15, -0.1) is 0 Å². The molecule has 1 atom stereocenters. The predicted octanol–water partition coefficient (Wildman–Crippen LogP) is 3.50. The maximum atomic E-state index is 6.09. The lowest BCUT2D eigenvalue weighted by Gasteiger charge is -2.27. The summed E-state index contributed by atoms with van der Waals surface area (Å²) in [7, 11) is 0. The van der Waals surface area contributed by atoms with Gasteiger partial charge in [0.2, 0.25) is 0 Å². The third-order valence-electron chi connectivity index (χ3n) is 3.77. The van der Waals surface area contributed by atoms with Crippen LogP contribution in [0.3, 0.4) is 0 Å². The Morgan fingerprint density at radius 1 is 1.18 bits per heavy atom. The normalized spacial score (nSPS) is 18.8. The van der Waals surface area contributed by atoms with Crippen molar-refractivity contribution in [1.29, 1.82) is 0 Å². The van der Waals surface area contributed by atoms with Crippen molar-refractivity contribution in [3.63, 3.8) is 0 Å². The molecule has 0 radical (unpaired) electrons. The standard InChI is InChI=1S/C15H24N2/c1-11(2)15(17-12-7-3-4-8-12)13-9-5-6-10-14(13)16/h5-6,9-12,15,17H,3-4,7-8,16H2,1-2H3. The monoisotopic (exact) mass is 232 g/mol. The fourth-order valence-corrected chi connectivity index (χ4v) is 2.78. The highest BCUT2D eigenvalue weighted by Gasteiger charge is 2.23. The zero-order valence-electron chi connectivity index (χ0n) is 10.9. The van der Waals surface area contributed by atoms with Gasteiger partial charge in [0, 0.05) is 17.8 Å². The number of benzene rings is 1. The zero-order valence-corrected chi connectivity index (χ0v) is 10.9. The van der Waals surface area contributed by atoms with E-state index < -0.39 is 0 Å². The van der Waals surface area contributed by atoms with E-state index in [1.807, 2.05) is 12.1 Å². The number of nitrogens with two attached hydrogens (primary N) is 1. The van der Waals surface area contributed by atoms with Crippen LogP contribution in [-0.4, -0.2) is 6.04 Å². The van der Waals surface area contributed by atoms with Gasteiger partial charge in [0.15, 0.2) is 0 Å². The van der Waals surface area contributed by atoms with Crippen LogP contribution in [0.5, 0.6) is 0 Å². The lowest BCUT2D eigenvalue weighted by molar-refractivity contribution is 0.361. The molecule has 2 nitrogen and oxygen atoms in total. The zero-order chi connectivity index (χ0) is 12.3. The Morgan fingerprint density at radius 2 is 1.82 bits per heavy atom. The highest BCUT2D eigenvalue weighted by molar-refractivity contribution is 5.48. The topological polar surface area (TPSA) is 38.0 Å². The molecule has 1 saturated carbocycles. The molecule has 1 fully saturated rings. The van der Waals surface area contributed by atoms with E-state index in [2.05, 4.69) is 31.3 Å². The minimum atomic E-state index is 0.388. The molecule has 2 rings (SSSR count). The molecule has 0 heterocycles. The summed E-state index contributed by atoms with van der Waals surface area (Å²) < 4.78 is 0. The molecule has 0 amide bonds. The molecule has 17 heavy (non-hydrogen) atoms. The van der Waals surface area contributed by atoms with Crippen LogP contribution in [0.15, 0.2) is 24.3 Å². The second-order valence-corrected chi connectivity index (χ2v) is 5.50. The van der Waals surface area contributed by atoms with Crippen molar-refractivity contribution in [3.05, 3.63) is 29.8 Å². The van der Waals surface area contributed by atoms with Gasteiger partial charge in [-0.1, -0.05) is 44.9 Å². The third-order valence-corrected chi connectivity index (χ3v) is 3.77. The van der Waals surface area contributed by atoms with Crippen LogP contribution in [0.4, 0.5) is 5.69 Å². The van der Waals surface area contributed by atoms with Gasteiger partial charge in [0.25, 0.3) is 0 Å². The van der Waals surface area contributed by atoms with Crippen LogP contribution < -0.4 is 11.1 Å². The largest absolute Gasteiger partial charge is 0.398 e. The number of hydrogen-bond acceptors (Lipinski definition) is 2. The minimum absolute atomic E-state index is 0.388. The van der Waals surface area contributed by atoms with Gasteiger partial charge in [0.1, 0.15) is 0 Å². The molecule has 0 aromatic heterocycles. The lowest BCUT2D eigenvalue weighted by atomic mass is 9.93. The Hall–Kier alpha value is -1.02. The molecule has 0 spiro atoms. The predicted molar refractivity (Wildman–Crippen MR) is 73.8 cm³/mol. The molecule has 1 aliphatic carbocycles. The van der Waals surface area contributed by atoms with Crippen LogP contribution >= 0.6 is 0 Å². The van der Waals surface area contributed by atoms with Crippen molar-refractivity contribution in [2.45, 2.75) is 51.6 Å². The van der Waals surface area contributed by atoms with Crippen molar-refractivity contribution >= 4 is 5.69 Å². The van der Waals surface area contributed by atoms with Gasteiger partial charge in [-0.3, -0.25) is 0 Å². The summed E-state index contributed by atoms with van der Waals surface area (Å²) in [4.78, 5) is 0. The first kappa shape index (κ1) is 12.4. The van der Waals surface area contributed by atoms with Crippen molar-refractivity contribution in [2.24, 2.45) is 5.92 Å². The van der Waals surface area contributed by atoms with Crippen LogP contribution in [0.1, 0.15) is 51.1 Å². The quantitative estimate of drug-likeness (QED) is 0.780. The Morgan fingerprint density at radius 3 is 2.41 bits per heavy atom. The van der Waals surface area contributed by atoms with E-state index in [0.29, 0.717) is 18.0 Å². The van der Waals surface area contributed by atoms with Crippen molar-refractivity contribution in [3.8, 4) is 0 Å². The summed E-state index contributed by atoms with van der Waals surface area (Å²) in [5.41, 5.74) is 8.27. The maximum absolute atomic E-state index is 6.09. The fraction of sp³-hybridized carbons (Fsp3) is 0.600. The molecule has 2 heteroatoms. The first-order valence-corrected chi connectivity index (χ1v) is 6.79. The van der Waals surface area contributed by atoms with Gasteiger partial charge < -0.3 is 11.1 Å². The lowest BCUT2D eigenvalue weighted by Crippen LogP contribution is -2.34. The fourth-order valence-electron chi connectivity index (χ4n) is 2.78. The van der Waals surface area contributed by atoms with E-state index in [4.69, 9.17) is 5.73 Å². The molecule has 0 bridgehead atoms. The average molecular weight is 232 g/mol. The van der Waals surface area contributed by atoms with Crippen LogP contribution in [0.25, 0.3) is 0 Å². The molecule has 1 aromatic carbocycles. The van der Waals surface area contributed by atoms with Gasteiger partial charge in [-0.05, 0) is 30.4 Å². The summed E-state index contributed by atoms with van der Waals surface area (Å²) in [5.74, 6) is 0.570. The summed E-state index contributed by atoms with van der Waals surface area (Å²) in [6.07, 6.45) is 5.37. The molecule has 1 unspecified atom stereocenters. The van der Waals surface area contributed by atoms with E-state index in [9.17, 15) is 0 Å². The van der Waals surface area contributed by atoms with Crippen LogP contribution in [0.2, 0.25) is 0 Å². The molecule has 1 aromatic rings. The number of para-hydroxylation sites is 1. The van der Waals surface area contributed by atoms with E-state index in [1.165, 1.54) is 31.2 Å². The molecule has 1 aliphatic rings. The van der Waals surface area contributed by atoms with Gasteiger partial charge in [-0.25, -0.2) is 0 Å². The Bertz CT molecular complexity index is 354. The van der Waals surface area contributed by atoms with E-state index in [1.54, 1.807) is 0 Å². The van der Waals surface area contributed by atoms with Crippen molar-refractivity contribution < 1.29 is 0 Å². The number of anilines is 1. The molecular weight excluding hydrogens is 208 g/mol. The van der Waals surface area contributed by atoms with E-state index >= 15 is 0 Å². The first-order valence-electron chi connectivity index (χ1n) is 6.79. The molecule has 0 aliphatic heterocycles. The second kappa shape index (κ2) is 5.54. The average Bonchev–Trinajstić information content (AvgIpc) is 2.79. The van der Waals surface area contributed by atoms with Gasteiger partial charge in [-0.2, -0.15) is 0 Å². The van der Waals surface area contributed by atoms with Crippen molar-refractivity contribution in [2.75, 3.05) is 5.73 Å². The van der Waals surface area contributed by atoms with Gasteiger partial charge in [0.05, 0.1) is 0 Å². The maximum Gasteiger partial charge on any atom is 0.0366 e. The van der Waals surface area contributed by atoms with Crippen LogP contribution in [-0.2, 0) is 0 Å². The molecule has 94 valence electrons. The Labute approximate surface area is 105 Å². The summed E-state index contributed by atoms with van der Waals surface area (Å²) >= 11 is 0. The van der Waals surface area contributed by atoms with E-state index in [-0.39, 0.29) is 0 Å². The Balaban J connectivity index is 2.14. The summed E-state index contributed by atoms with van der Waals surface area (Å²) in [6, 6.07) is 9.31. The summed E-state index contributed by atoms with van der Waals surface area (Å²) in [5, 5.41) is 3.79. The smallest absolute Gasteiger partial charge is 0.0366 e. The highest BCUT2D eigenvalue weighted by Crippen LogP contribution is 2.29. The molecule has 0 saturated heterocycles. The third kappa shape index (κ3) is 3.01.